The maximum Gasteiger partial charge on any atom is 0.218 e. The van der Waals surface area contributed by atoms with Gasteiger partial charge in [-0.2, -0.15) is 0 Å². The number of nitrogens with zero attached hydrogens (tertiary/aromatic N) is 2. The number of methoxy groups -OCH3 is 1. The zero-order valence-electron chi connectivity index (χ0n) is 14.9. The largest absolute Gasteiger partial charge is 0.497 e. The van der Waals surface area contributed by atoms with Crippen LogP contribution >= 0.6 is 0 Å². The lowest BCUT2D eigenvalue weighted by molar-refractivity contribution is 0.185. The Morgan fingerprint density at radius 2 is 1.96 bits per heavy atom. The summed E-state index contributed by atoms with van der Waals surface area (Å²) >= 11 is 0. The van der Waals surface area contributed by atoms with E-state index >= 15 is 0 Å². The topological polar surface area (TPSA) is 43.8 Å². The number of ether oxygens (including phenoxy) is 3. The zero-order chi connectivity index (χ0) is 17.8. The zero-order valence-corrected chi connectivity index (χ0v) is 14.9. The second-order valence-electron chi connectivity index (χ2n) is 6.30. The second kappa shape index (κ2) is 7.62. The lowest BCUT2D eigenvalue weighted by Crippen LogP contribution is -2.30. The third-order valence-electron chi connectivity index (χ3n) is 4.52. The van der Waals surface area contributed by atoms with E-state index in [1.807, 2.05) is 48.5 Å². The van der Waals surface area contributed by atoms with Crippen molar-refractivity contribution in [1.82, 2.24) is 9.88 Å². The maximum atomic E-state index is 5.88. The second-order valence-corrected chi connectivity index (χ2v) is 6.30. The van der Waals surface area contributed by atoms with Crippen molar-refractivity contribution >= 4 is 10.9 Å². The van der Waals surface area contributed by atoms with Crippen LogP contribution in [0.2, 0.25) is 0 Å². The summed E-state index contributed by atoms with van der Waals surface area (Å²) < 4.78 is 17.0. The molecule has 5 nitrogen and oxygen atoms in total. The molecule has 0 unspecified atom stereocenters. The van der Waals surface area contributed by atoms with Gasteiger partial charge in [-0.05, 0) is 36.4 Å². The van der Waals surface area contributed by atoms with Crippen LogP contribution in [-0.2, 0) is 6.54 Å². The third-order valence-corrected chi connectivity index (χ3v) is 4.52. The van der Waals surface area contributed by atoms with Gasteiger partial charge in [0.25, 0.3) is 0 Å². The van der Waals surface area contributed by atoms with Gasteiger partial charge in [0.1, 0.15) is 24.7 Å². The number of benzene rings is 2. The molecule has 2 heterocycles. The smallest absolute Gasteiger partial charge is 0.218 e. The van der Waals surface area contributed by atoms with Crippen LogP contribution in [0.5, 0.6) is 17.4 Å². The monoisotopic (exact) mass is 350 g/mol. The van der Waals surface area contributed by atoms with Crippen molar-refractivity contribution in [3.8, 4) is 17.4 Å². The number of hydrogen-bond acceptors (Lipinski definition) is 5. The molecule has 0 atom stereocenters. The normalized spacial score (nSPS) is 14.3. The Balaban J connectivity index is 1.47. The minimum atomic E-state index is 0.632. The molecule has 0 N–H and O–H groups in total. The molecule has 0 radical (unpaired) electrons. The molecule has 3 aromatic rings. The van der Waals surface area contributed by atoms with Crippen molar-refractivity contribution in [3.05, 3.63) is 60.2 Å². The number of para-hydroxylation sites is 1. The van der Waals surface area contributed by atoms with E-state index in [9.17, 15) is 0 Å². The number of pyridine rings is 1. The molecule has 0 saturated carbocycles. The van der Waals surface area contributed by atoms with Crippen LogP contribution in [-0.4, -0.2) is 43.3 Å². The molecular formula is C21H22N2O3. The van der Waals surface area contributed by atoms with Crippen LogP contribution in [0.25, 0.3) is 10.9 Å². The Kier molecular flexibility index (Phi) is 4.88. The van der Waals surface area contributed by atoms with Crippen LogP contribution in [0.15, 0.2) is 54.6 Å². The molecule has 0 saturated heterocycles. The summed E-state index contributed by atoms with van der Waals surface area (Å²) in [6, 6.07) is 18.0. The minimum Gasteiger partial charge on any atom is -0.497 e. The van der Waals surface area contributed by atoms with E-state index < -0.39 is 0 Å². The summed E-state index contributed by atoms with van der Waals surface area (Å²) in [5.41, 5.74) is 2.02. The average molecular weight is 350 g/mol. The fourth-order valence-electron chi connectivity index (χ4n) is 3.14. The van der Waals surface area contributed by atoms with Gasteiger partial charge < -0.3 is 14.2 Å². The van der Waals surface area contributed by atoms with E-state index in [2.05, 4.69) is 16.0 Å². The first-order chi connectivity index (χ1) is 12.8. The van der Waals surface area contributed by atoms with Crippen molar-refractivity contribution in [2.45, 2.75) is 6.54 Å². The van der Waals surface area contributed by atoms with Crippen molar-refractivity contribution < 1.29 is 14.2 Å². The summed E-state index contributed by atoms with van der Waals surface area (Å²) in [7, 11) is 1.68. The molecule has 1 aliphatic heterocycles. The number of fused-ring (bicyclic) bond motifs is 2. The minimum absolute atomic E-state index is 0.632. The SMILES string of the molecule is COc1ccc2nc3c(cc2c1)CN(CCOc1ccccc1)CCO3. The lowest BCUT2D eigenvalue weighted by Gasteiger charge is -2.19. The molecule has 5 heteroatoms. The van der Waals surface area contributed by atoms with E-state index in [1.54, 1.807) is 7.11 Å². The number of rotatable bonds is 5. The Bertz CT molecular complexity index is 883. The quantitative estimate of drug-likeness (QED) is 0.704. The molecule has 0 amide bonds. The first-order valence-electron chi connectivity index (χ1n) is 8.82. The van der Waals surface area contributed by atoms with E-state index in [-0.39, 0.29) is 0 Å². The summed E-state index contributed by atoms with van der Waals surface area (Å²) in [6.45, 7) is 3.77. The van der Waals surface area contributed by atoms with Gasteiger partial charge in [0, 0.05) is 30.6 Å². The van der Waals surface area contributed by atoms with Crippen LogP contribution in [0.4, 0.5) is 0 Å². The highest BCUT2D eigenvalue weighted by atomic mass is 16.5. The van der Waals surface area contributed by atoms with E-state index in [0.717, 1.165) is 53.5 Å². The van der Waals surface area contributed by atoms with Gasteiger partial charge in [-0.1, -0.05) is 18.2 Å². The number of aromatic nitrogens is 1. The molecule has 134 valence electrons. The van der Waals surface area contributed by atoms with Crippen molar-refractivity contribution in [2.75, 3.05) is 33.4 Å². The number of hydrogen-bond donors (Lipinski definition) is 0. The van der Waals surface area contributed by atoms with Gasteiger partial charge >= 0.3 is 0 Å². The molecular weight excluding hydrogens is 328 g/mol. The Morgan fingerprint density at radius 1 is 1.08 bits per heavy atom. The van der Waals surface area contributed by atoms with Gasteiger partial charge in [0.2, 0.25) is 5.88 Å². The van der Waals surface area contributed by atoms with E-state index in [4.69, 9.17) is 14.2 Å². The first-order valence-corrected chi connectivity index (χ1v) is 8.82. The third kappa shape index (κ3) is 3.73. The maximum absolute atomic E-state index is 5.88. The molecule has 0 bridgehead atoms. The standard InChI is InChI=1S/C21H22N2O3/c1-24-19-7-8-20-16(14-19)13-17-15-23(10-12-26-21(17)22-20)9-11-25-18-5-3-2-4-6-18/h2-8,13-14H,9-12,15H2,1H3. The van der Waals surface area contributed by atoms with Gasteiger partial charge in [-0.3, -0.25) is 4.90 Å². The van der Waals surface area contributed by atoms with Crippen LogP contribution in [0.1, 0.15) is 5.56 Å². The summed E-state index contributed by atoms with van der Waals surface area (Å²) in [4.78, 5) is 7.01. The molecule has 1 aliphatic rings. The summed E-state index contributed by atoms with van der Waals surface area (Å²) in [5.74, 6) is 2.47. The fourth-order valence-corrected chi connectivity index (χ4v) is 3.14. The molecule has 2 aromatic carbocycles. The van der Waals surface area contributed by atoms with Crippen molar-refractivity contribution in [3.63, 3.8) is 0 Å². The Labute approximate surface area is 153 Å². The Morgan fingerprint density at radius 3 is 2.81 bits per heavy atom. The molecule has 0 fully saturated rings. The van der Waals surface area contributed by atoms with Gasteiger partial charge in [0.05, 0.1) is 12.6 Å². The first kappa shape index (κ1) is 16.7. The average Bonchev–Trinajstić information content (AvgIpc) is 2.88. The molecule has 4 rings (SSSR count). The highest BCUT2D eigenvalue weighted by Gasteiger charge is 2.17. The lowest BCUT2D eigenvalue weighted by atomic mass is 10.1. The van der Waals surface area contributed by atoms with Crippen molar-refractivity contribution in [1.29, 1.82) is 0 Å². The fraction of sp³-hybridized carbons (Fsp3) is 0.286. The summed E-state index contributed by atoms with van der Waals surface area (Å²) in [5, 5.41) is 1.06. The van der Waals surface area contributed by atoms with Gasteiger partial charge in [0.15, 0.2) is 0 Å². The van der Waals surface area contributed by atoms with Crippen LogP contribution < -0.4 is 14.2 Å². The molecule has 26 heavy (non-hydrogen) atoms. The van der Waals surface area contributed by atoms with Gasteiger partial charge in [-0.25, -0.2) is 4.98 Å². The van der Waals surface area contributed by atoms with Gasteiger partial charge in [-0.15, -0.1) is 0 Å². The predicted molar refractivity (Wildman–Crippen MR) is 101 cm³/mol. The summed E-state index contributed by atoms with van der Waals surface area (Å²) in [6.07, 6.45) is 0. The van der Waals surface area contributed by atoms with E-state index in [1.165, 1.54) is 0 Å². The molecule has 0 spiro atoms. The van der Waals surface area contributed by atoms with Crippen LogP contribution in [0, 0.1) is 0 Å². The molecule has 1 aromatic heterocycles. The highest BCUT2D eigenvalue weighted by Crippen LogP contribution is 2.27. The van der Waals surface area contributed by atoms with E-state index in [0.29, 0.717) is 13.2 Å². The highest BCUT2D eigenvalue weighted by molar-refractivity contribution is 5.81. The predicted octanol–water partition coefficient (Wildman–Crippen LogP) is 3.52. The van der Waals surface area contributed by atoms with Crippen LogP contribution in [0.3, 0.4) is 0 Å². The Hall–Kier alpha value is -2.79. The molecule has 0 aliphatic carbocycles. The van der Waals surface area contributed by atoms with Crippen molar-refractivity contribution in [2.24, 2.45) is 0 Å².